The van der Waals surface area contributed by atoms with Crippen molar-refractivity contribution in [2.75, 3.05) is 13.7 Å². The molecule has 0 unspecified atom stereocenters. The molecule has 0 heterocycles. The molecule has 0 bridgehead atoms. The molecule has 1 aromatic carbocycles. The third kappa shape index (κ3) is 5.09. The molecule has 1 rings (SSSR count). The van der Waals surface area contributed by atoms with Crippen LogP contribution in [0.3, 0.4) is 0 Å². The lowest BCUT2D eigenvalue weighted by Crippen LogP contribution is -2.43. The van der Waals surface area contributed by atoms with Crippen molar-refractivity contribution in [3.8, 4) is 5.75 Å². The van der Waals surface area contributed by atoms with Crippen molar-refractivity contribution in [3.63, 3.8) is 0 Å². The Kier molecular flexibility index (Phi) is 6.87. The predicted molar refractivity (Wildman–Crippen MR) is 79.9 cm³/mol. The van der Waals surface area contributed by atoms with Crippen LogP contribution in [-0.2, 0) is 10.2 Å². The first-order chi connectivity index (χ1) is 8.36. The molecule has 0 aliphatic rings. The van der Waals surface area contributed by atoms with Gasteiger partial charge in [-0.1, -0.05) is 26.0 Å². The van der Waals surface area contributed by atoms with Crippen LogP contribution in [0.5, 0.6) is 5.75 Å². The highest BCUT2D eigenvalue weighted by molar-refractivity contribution is 5.85. The molecule has 0 saturated carbocycles. The summed E-state index contributed by atoms with van der Waals surface area (Å²) in [7, 11) is 1.64. The number of carbonyl (C=O) groups is 1. The quantitative estimate of drug-likeness (QED) is 0.868. The van der Waals surface area contributed by atoms with Crippen molar-refractivity contribution in [2.24, 2.45) is 5.73 Å². The van der Waals surface area contributed by atoms with Gasteiger partial charge in [0.15, 0.2) is 0 Å². The minimum atomic E-state index is -0.480. The van der Waals surface area contributed by atoms with Gasteiger partial charge in [0.05, 0.1) is 13.2 Å². The summed E-state index contributed by atoms with van der Waals surface area (Å²) >= 11 is 0. The summed E-state index contributed by atoms with van der Waals surface area (Å²) in [5.74, 6) is 0.685. The van der Waals surface area contributed by atoms with Gasteiger partial charge in [0.2, 0.25) is 5.91 Å². The van der Waals surface area contributed by atoms with E-state index in [1.54, 1.807) is 14.0 Å². The molecule has 1 atom stereocenters. The van der Waals surface area contributed by atoms with Crippen molar-refractivity contribution in [2.45, 2.75) is 32.2 Å². The Morgan fingerprint density at radius 2 is 2.11 bits per heavy atom. The SMILES string of the molecule is COc1cccc(C(C)(C)CNC(=O)[C@@H](C)N)c1.Cl. The lowest BCUT2D eigenvalue weighted by Gasteiger charge is -2.26. The maximum absolute atomic E-state index is 11.5. The average molecular weight is 287 g/mol. The summed E-state index contributed by atoms with van der Waals surface area (Å²) in [5, 5.41) is 2.85. The van der Waals surface area contributed by atoms with Gasteiger partial charge < -0.3 is 15.8 Å². The summed E-state index contributed by atoms with van der Waals surface area (Å²) in [5.41, 5.74) is 6.47. The molecule has 0 saturated heterocycles. The molecular formula is C14H23ClN2O2. The van der Waals surface area contributed by atoms with Gasteiger partial charge in [0.1, 0.15) is 5.75 Å². The van der Waals surface area contributed by atoms with Crippen molar-refractivity contribution in [1.82, 2.24) is 5.32 Å². The van der Waals surface area contributed by atoms with Crippen molar-refractivity contribution in [3.05, 3.63) is 29.8 Å². The third-order valence-corrected chi connectivity index (χ3v) is 2.97. The lowest BCUT2D eigenvalue weighted by molar-refractivity contribution is -0.122. The van der Waals surface area contributed by atoms with Gasteiger partial charge >= 0.3 is 0 Å². The van der Waals surface area contributed by atoms with Crippen LogP contribution in [0.25, 0.3) is 0 Å². The number of amides is 1. The number of ether oxygens (including phenoxy) is 1. The zero-order valence-corrected chi connectivity index (χ0v) is 12.7. The fraction of sp³-hybridized carbons (Fsp3) is 0.500. The lowest BCUT2D eigenvalue weighted by atomic mass is 9.84. The van der Waals surface area contributed by atoms with E-state index in [0.717, 1.165) is 11.3 Å². The Morgan fingerprint density at radius 3 is 2.63 bits per heavy atom. The molecule has 0 fully saturated rings. The monoisotopic (exact) mass is 286 g/mol. The van der Waals surface area contributed by atoms with Gasteiger partial charge in [-0.15, -0.1) is 12.4 Å². The Hall–Kier alpha value is -1.26. The molecule has 5 heteroatoms. The van der Waals surface area contributed by atoms with E-state index in [1.165, 1.54) is 0 Å². The van der Waals surface area contributed by atoms with E-state index in [1.807, 2.05) is 24.3 Å². The number of methoxy groups -OCH3 is 1. The Labute approximate surface area is 121 Å². The summed E-state index contributed by atoms with van der Waals surface area (Å²) in [6.07, 6.45) is 0. The largest absolute Gasteiger partial charge is 0.497 e. The molecule has 4 nitrogen and oxygen atoms in total. The highest BCUT2D eigenvalue weighted by Crippen LogP contribution is 2.25. The Balaban J connectivity index is 0.00000324. The zero-order valence-electron chi connectivity index (χ0n) is 11.9. The van der Waals surface area contributed by atoms with Crippen molar-refractivity contribution in [1.29, 1.82) is 0 Å². The van der Waals surface area contributed by atoms with Crippen LogP contribution in [0.15, 0.2) is 24.3 Å². The summed E-state index contributed by atoms with van der Waals surface area (Å²) in [4.78, 5) is 11.5. The second kappa shape index (κ2) is 7.36. The van der Waals surface area contributed by atoms with Crippen LogP contribution in [0.1, 0.15) is 26.3 Å². The molecule has 19 heavy (non-hydrogen) atoms. The minimum absolute atomic E-state index is 0. The highest BCUT2D eigenvalue weighted by atomic mass is 35.5. The van der Waals surface area contributed by atoms with Gasteiger partial charge in [-0.3, -0.25) is 4.79 Å². The van der Waals surface area contributed by atoms with Gasteiger partial charge in [0.25, 0.3) is 0 Å². The van der Waals surface area contributed by atoms with Crippen molar-refractivity contribution >= 4 is 18.3 Å². The second-order valence-electron chi connectivity index (χ2n) is 5.12. The van der Waals surface area contributed by atoms with E-state index in [4.69, 9.17) is 10.5 Å². The summed E-state index contributed by atoms with van der Waals surface area (Å²) in [6.45, 7) is 6.36. The van der Waals surface area contributed by atoms with Crippen LogP contribution in [-0.4, -0.2) is 25.6 Å². The van der Waals surface area contributed by atoms with Crippen LogP contribution in [0.4, 0.5) is 0 Å². The zero-order chi connectivity index (χ0) is 13.8. The molecule has 3 N–H and O–H groups in total. The average Bonchev–Trinajstić information content (AvgIpc) is 2.36. The second-order valence-corrected chi connectivity index (χ2v) is 5.12. The van der Waals surface area contributed by atoms with Crippen LogP contribution in [0.2, 0.25) is 0 Å². The number of hydrogen-bond donors (Lipinski definition) is 2. The van der Waals surface area contributed by atoms with E-state index in [9.17, 15) is 4.79 Å². The standard InChI is InChI=1S/C14H22N2O2.ClH/c1-10(15)13(17)16-9-14(2,3)11-6-5-7-12(8-11)18-4;/h5-8,10H,9,15H2,1-4H3,(H,16,17);1H/t10-;/m1./s1. The number of nitrogens with two attached hydrogens (primary N) is 1. The molecule has 0 spiro atoms. The molecule has 0 aliphatic heterocycles. The van der Waals surface area contributed by atoms with Crippen LogP contribution < -0.4 is 15.8 Å². The smallest absolute Gasteiger partial charge is 0.236 e. The van der Waals surface area contributed by atoms with E-state index in [2.05, 4.69) is 19.2 Å². The normalized spacial score (nSPS) is 12.3. The van der Waals surface area contributed by atoms with Crippen LogP contribution >= 0.6 is 12.4 Å². The van der Waals surface area contributed by atoms with E-state index < -0.39 is 6.04 Å². The molecule has 108 valence electrons. The predicted octanol–water partition coefficient (Wildman–Crippen LogP) is 1.86. The summed E-state index contributed by atoms with van der Waals surface area (Å²) in [6, 6.07) is 7.38. The van der Waals surface area contributed by atoms with Crippen LogP contribution in [0, 0.1) is 0 Å². The van der Waals surface area contributed by atoms with E-state index in [0.29, 0.717) is 6.54 Å². The van der Waals surface area contributed by atoms with Gasteiger partial charge in [-0.05, 0) is 24.6 Å². The Bertz CT molecular complexity index is 420. The number of halogens is 1. The highest BCUT2D eigenvalue weighted by Gasteiger charge is 2.22. The molecule has 1 aromatic rings. The number of hydrogen-bond acceptors (Lipinski definition) is 3. The minimum Gasteiger partial charge on any atom is -0.497 e. The number of nitrogens with one attached hydrogen (secondary N) is 1. The maximum atomic E-state index is 11.5. The first-order valence-corrected chi connectivity index (χ1v) is 6.04. The van der Waals surface area contributed by atoms with E-state index >= 15 is 0 Å². The number of benzene rings is 1. The van der Waals surface area contributed by atoms with E-state index in [-0.39, 0.29) is 23.7 Å². The number of rotatable bonds is 5. The third-order valence-electron chi connectivity index (χ3n) is 2.97. The maximum Gasteiger partial charge on any atom is 0.236 e. The molecule has 0 aliphatic carbocycles. The molecule has 1 amide bonds. The van der Waals surface area contributed by atoms with Gasteiger partial charge in [-0.25, -0.2) is 0 Å². The van der Waals surface area contributed by atoms with Gasteiger partial charge in [0, 0.05) is 12.0 Å². The summed E-state index contributed by atoms with van der Waals surface area (Å²) < 4.78 is 5.21. The Morgan fingerprint density at radius 1 is 1.47 bits per heavy atom. The fourth-order valence-electron chi connectivity index (χ4n) is 1.62. The van der Waals surface area contributed by atoms with Crippen molar-refractivity contribution < 1.29 is 9.53 Å². The topological polar surface area (TPSA) is 64.3 Å². The molecule has 0 aromatic heterocycles. The van der Waals surface area contributed by atoms with Gasteiger partial charge in [-0.2, -0.15) is 0 Å². The fourth-order valence-corrected chi connectivity index (χ4v) is 1.62. The molecule has 0 radical (unpaired) electrons. The first kappa shape index (κ1) is 17.7. The first-order valence-electron chi connectivity index (χ1n) is 6.04. The number of carbonyl (C=O) groups excluding carboxylic acids is 1. The molecular weight excluding hydrogens is 264 g/mol.